The van der Waals surface area contributed by atoms with Crippen molar-refractivity contribution < 1.29 is 9.32 Å². The lowest BCUT2D eigenvalue weighted by Crippen LogP contribution is -2.30. The van der Waals surface area contributed by atoms with Gasteiger partial charge in [0.1, 0.15) is 17.4 Å². The molecule has 1 atom stereocenters. The number of anilines is 2. The number of carbonyl (C=O) groups excluding carboxylic acids is 1. The highest BCUT2D eigenvalue weighted by molar-refractivity contribution is 5.92. The molecule has 8 heteroatoms. The maximum absolute atomic E-state index is 12.8. The minimum absolute atomic E-state index is 0.00934. The second-order valence-corrected chi connectivity index (χ2v) is 6.17. The van der Waals surface area contributed by atoms with Gasteiger partial charge in [-0.2, -0.15) is 0 Å². The number of pyridine rings is 1. The van der Waals surface area contributed by atoms with Gasteiger partial charge in [0.25, 0.3) is 5.91 Å². The van der Waals surface area contributed by atoms with Gasteiger partial charge >= 0.3 is 0 Å². The predicted molar refractivity (Wildman–Crippen MR) is 93.8 cm³/mol. The van der Waals surface area contributed by atoms with Crippen LogP contribution in [0.4, 0.5) is 11.6 Å². The van der Waals surface area contributed by atoms with Crippen LogP contribution in [-0.4, -0.2) is 37.5 Å². The number of aryl methyl sites for hydroxylation is 1. The molecule has 4 heterocycles. The Hall–Kier alpha value is -3.29. The van der Waals surface area contributed by atoms with Crippen molar-refractivity contribution in [2.75, 3.05) is 11.9 Å². The van der Waals surface area contributed by atoms with E-state index < -0.39 is 0 Å². The van der Waals surface area contributed by atoms with E-state index in [4.69, 9.17) is 4.52 Å². The molecule has 3 aromatic heterocycles. The van der Waals surface area contributed by atoms with Gasteiger partial charge in [0.05, 0.1) is 12.2 Å². The van der Waals surface area contributed by atoms with Crippen molar-refractivity contribution in [2.24, 2.45) is 0 Å². The summed E-state index contributed by atoms with van der Waals surface area (Å²) in [5.41, 5.74) is 1.37. The van der Waals surface area contributed by atoms with Crippen LogP contribution in [0.5, 0.6) is 0 Å². The number of nitrogens with zero attached hydrogens (tertiary/aromatic N) is 5. The monoisotopic (exact) mass is 350 g/mol. The Morgan fingerprint density at radius 1 is 1.23 bits per heavy atom. The topological polar surface area (TPSA) is 97.0 Å². The summed E-state index contributed by atoms with van der Waals surface area (Å²) < 4.78 is 5.04. The maximum Gasteiger partial charge on any atom is 0.276 e. The standard InChI is InChI=1S/C18H18N6O2/c1-12-9-14(23-26-12)18(25)24-8-2-3-15(24)13-4-5-20-16(10-13)22-17-11-19-6-7-21-17/h4-7,9-11,15H,2-3,8H2,1H3,(H,20,21,22). The number of amides is 1. The summed E-state index contributed by atoms with van der Waals surface area (Å²) >= 11 is 0. The van der Waals surface area contributed by atoms with Crippen LogP contribution in [-0.2, 0) is 0 Å². The molecular weight excluding hydrogens is 332 g/mol. The second kappa shape index (κ2) is 6.91. The Morgan fingerprint density at radius 3 is 2.88 bits per heavy atom. The fourth-order valence-corrected chi connectivity index (χ4v) is 3.19. The average Bonchev–Trinajstić information content (AvgIpc) is 3.31. The van der Waals surface area contributed by atoms with Crippen LogP contribution < -0.4 is 5.32 Å². The summed E-state index contributed by atoms with van der Waals surface area (Å²) in [7, 11) is 0. The molecule has 1 aliphatic rings. The summed E-state index contributed by atoms with van der Waals surface area (Å²) in [6, 6.07) is 5.54. The van der Waals surface area contributed by atoms with Crippen molar-refractivity contribution in [1.82, 2.24) is 25.0 Å². The Labute approximate surface area is 150 Å². The van der Waals surface area contributed by atoms with E-state index in [0.29, 0.717) is 29.6 Å². The van der Waals surface area contributed by atoms with E-state index in [-0.39, 0.29) is 11.9 Å². The molecule has 1 amide bonds. The summed E-state index contributed by atoms with van der Waals surface area (Å²) in [6.07, 6.45) is 8.44. The first-order valence-corrected chi connectivity index (χ1v) is 8.44. The Balaban J connectivity index is 1.56. The van der Waals surface area contributed by atoms with E-state index in [1.165, 1.54) is 0 Å². The lowest BCUT2D eigenvalue weighted by atomic mass is 10.1. The third-order valence-electron chi connectivity index (χ3n) is 4.35. The fraction of sp³-hybridized carbons (Fsp3) is 0.278. The molecule has 1 aliphatic heterocycles. The molecule has 0 spiro atoms. The molecule has 26 heavy (non-hydrogen) atoms. The molecule has 3 aromatic rings. The highest BCUT2D eigenvalue weighted by Gasteiger charge is 2.32. The van der Waals surface area contributed by atoms with E-state index in [2.05, 4.69) is 25.4 Å². The SMILES string of the molecule is Cc1cc(C(=O)N2CCCC2c2ccnc(Nc3cnccn3)c2)no1. The number of nitrogens with one attached hydrogen (secondary N) is 1. The normalized spacial score (nSPS) is 16.7. The lowest BCUT2D eigenvalue weighted by molar-refractivity contribution is 0.0725. The fourth-order valence-electron chi connectivity index (χ4n) is 3.19. The first-order valence-electron chi connectivity index (χ1n) is 8.44. The highest BCUT2D eigenvalue weighted by Crippen LogP contribution is 2.33. The number of aromatic nitrogens is 4. The van der Waals surface area contributed by atoms with Crippen LogP contribution in [0.15, 0.2) is 47.5 Å². The van der Waals surface area contributed by atoms with Gasteiger partial charge in [-0.3, -0.25) is 9.78 Å². The number of carbonyl (C=O) groups is 1. The number of hydrogen-bond donors (Lipinski definition) is 1. The second-order valence-electron chi connectivity index (χ2n) is 6.17. The molecule has 0 aliphatic carbocycles. The Kier molecular flexibility index (Phi) is 4.30. The molecule has 1 N–H and O–H groups in total. The zero-order valence-corrected chi connectivity index (χ0v) is 14.3. The van der Waals surface area contributed by atoms with Crippen molar-refractivity contribution in [3.63, 3.8) is 0 Å². The minimum Gasteiger partial charge on any atom is -0.361 e. The van der Waals surface area contributed by atoms with Crippen molar-refractivity contribution in [2.45, 2.75) is 25.8 Å². The van der Waals surface area contributed by atoms with E-state index in [0.717, 1.165) is 18.4 Å². The van der Waals surface area contributed by atoms with E-state index >= 15 is 0 Å². The van der Waals surface area contributed by atoms with Crippen LogP contribution in [0, 0.1) is 6.92 Å². The highest BCUT2D eigenvalue weighted by atomic mass is 16.5. The molecule has 1 fully saturated rings. The van der Waals surface area contributed by atoms with Crippen molar-refractivity contribution in [1.29, 1.82) is 0 Å². The third kappa shape index (κ3) is 3.26. The first kappa shape index (κ1) is 16.2. The van der Waals surface area contributed by atoms with Gasteiger partial charge in [0.2, 0.25) is 0 Å². The largest absolute Gasteiger partial charge is 0.361 e. The average molecular weight is 350 g/mol. The van der Waals surface area contributed by atoms with Gasteiger partial charge in [-0.1, -0.05) is 5.16 Å². The zero-order valence-electron chi connectivity index (χ0n) is 14.3. The summed E-state index contributed by atoms with van der Waals surface area (Å²) in [5.74, 6) is 1.81. The molecule has 132 valence electrons. The molecule has 1 saturated heterocycles. The molecule has 8 nitrogen and oxygen atoms in total. The van der Waals surface area contributed by atoms with Gasteiger partial charge in [0.15, 0.2) is 5.69 Å². The molecule has 0 bridgehead atoms. The first-order chi connectivity index (χ1) is 12.7. The van der Waals surface area contributed by atoms with E-state index in [1.54, 1.807) is 37.8 Å². The quantitative estimate of drug-likeness (QED) is 0.772. The summed E-state index contributed by atoms with van der Waals surface area (Å²) in [6.45, 7) is 2.48. The smallest absolute Gasteiger partial charge is 0.276 e. The van der Waals surface area contributed by atoms with Gasteiger partial charge < -0.3 is 14.7 Å². The van der Waals surface area contributed by atoms with E-state index in [1.807, 2.05) is 17.0 Å². The Morgan fingerprint density at radius 2 is 2.12 bits per heavy atom. The van der Waals surface area contributed by atoms with Crippen LogP contribution >= 0.6 is 0 Å². The van der Waals surface area contributed by atoms with Crippen molar-refractivity contribution >= 4 is 17.5 Å². The zero-order chi connectivity index (χ0) is 17.9. The molecule has 0 radical (unpaired) electrons. The van der Waals surface area contributed by atoms with Crippen molar-refractivity contribution in [3.05, 3.63) is 60.0 Å². The van der Waals surface area contributed by atoms with Gasteiger partial charge in [0, 0.05) is 31.2 Å². The third-order valence-corrected chi connectivity index (χ3v) is 4.35. The molecular formula is C18H18N6O2. The summed E-state index contributed by atoms with van der Waals surface area (Å²) in [4.78, 5) is 27.2. The van der Waals surface area contributed by atoms with Gasteiger partial charge in [-0.05, 0) is 37.5 Å². The van der Waals surface area contributed by atoms with Crippen LogP contribution in [0.2, 0.25) is 0 Å². The van der Waals surface area contributed by atoms with Gasteiger partial charge in [-0.15, -0.1) is 0 Å². The van der Waals surface area contributed by atoms with Crippen molar-refractivity contribution in [3.8, 4) is 0 Å². The minimum atomic E-state index is -0.107. The van der Waals surface area contributed by atoms with Crippen LogP contribution in [0.25, 0.3) is 0 Å². The Bertz CT molecular complexity index is 911. The van der Waals surface area contributed by atoms with Crippen LogP contribution in [0.3, 0.4) is 0 Å². The predicted octanol–water partition coefficient (Wildman–Crippen LogP) is 2.89. The summed E-state index contributed by atoms with van der Waals surface area (Å²) in [5, 5.41) is 6.99. The molecule has 0 aromatic carbocycles. The number of likely N-dealkylation sites (tertiary alicyclic amines) is 1. The maximum atomic E-state index is 12.8. The van der Waals surface area contributed by atoms with E-state index in [9.17, 15) is 4.79 Å². The number of rotatable bonds is 4. The number of hydrogen-bond acceptors (Lipinski definition) is 7. The molecule has 4 rings (SSSR count). The van der Waals surface area contributed by atoms with Gasteiger partial charge in [-0.25, -0.2) is 9.97 Å². The lowest BCUT2D eigenvalue weighted by Gasteiger charge is -2.24. The molecule has 1 unspecified atom stereocenters. The molecule has 0 saturated carbocycles. The van der Waals surface area contributed by atoms with Crippen LogP contribution in [0.1, 0.15) is 40.7 Å².